The summed E-state index contributed by atoms with van der Waals surface area (Å²) in [5.74, 6) is 2.04. The lowest BCUT2D eigenvalue weighted by Gasteiger charge is -2.33. The summed E-state index contributed by atoms with van der Waals surface area (Å²) in [5, 5.41) is 3.36. The van der Waals surface area contributed by atoms with Gasteiger partial charge in [0, 0.05) is 17.8 Å². The first-order valence-corrected chi connectivity index (χ1v) is 5.01. The highest BCUT2D eigenvalue weighted by atomic mass is 15.1. The molecule has 0 saturated heterocycles. The third kappa shape index (κ3) is 1.95. The van der Waals surface area contributed by atoms with Gasteiger partial charge in [0.25, 0.3) is 0 Å². The van der Waals surface area contributed by atoms with E-state index >= 15 is 0 Å². The van der Waals surface area contributed by atoms with Crippen LogP contribution in [0.2, 0.25) is 0 Å². The quantitative estimate of drug-likeness (QED) is 0.746. The van der Waals surface area contributed by atoms with E-state index in [1.54, 1.807) is 0 Å². The highest BCUT2D eigenvalue weighted by Crippen LogP contribution is 2.28. The summed E-state index contributed by atoms with van der Waals surface area (Å²) in [6, 6.07) is 2.50. The summed E-state index contributed by atoms with van der Waals surface area (Å²) in [6.07, 6.45) is 2.45. The summed E-state index contributed by atoms with van der Waals surface area (Å²) in [5.41, 5.74) is 6.47. The highest BCUT2D eigenvalue weighted by Gasteiger charge is 2.25. The number of anilines is 2. The van der Waals surface area contributed by atoms with Gasteiger partial charge < -0.3 is 11.1 Å². The standard InChI is InChI=1S/C10H16N4/c1-6-3-8(4-6)13-9-5-7(2)12-10(11)14-9/h5-6,8H,3-4H2,1-2H3,(H3,11,12,13,14). The minimum Gasteiger partial charge on any atom is -0.368 e. The van der Waals surface area contributed by atoms with E-state index in [-0.39, 0.29) is 0 Å². The van der Waals surface area contributed by atoms with Crippen molar-refractivity contribution in [3.8, 4) is 0 Å². The molecule has 1 fully saturated rings. The topological polar surface area (TPSA) is 63.8 Å². The lowest BCUT2D eigenvalue weighted by atomic mass is 9.82. The number of hydrogen-bond acceptors (Lipinski definition) is 4. The minimum absolute atomic E-state index is 0.347. The second kappa shape index (κ2) is 3.44. The first-order valence-electron chi connectivity index (χ1n) is 5.01. The van der Waals surface area contributed by atoms with E-state index in [0.29, 0.717) is 12.0 Å². The van der Waals surface area contributed by atoms with Crippen LogP contribution in [-0.4, -0.2) is 16.0 Å². The fraction of sp³-hybridized carbons (Fsp3) is 0.600. The van der Waals surface area contributed by atoms with Crippen LogP contribution >= 0.6 is 0 Å². The molecular weight excluding hydrogens is 176 g/mol. The Hall–Kier alpha value is -1.32. The molecule has 0 radical (unpaired) electrons. The highest BCUT2D eigenvalue weighted by molar-refractivity contribution is 5.41. The van der Waals surface area contributed by atoms with E-state index in [1.807, 2.05) is 13.0 Å². The molecule has 4 nitrogen and oxygen atoms in total. The molecule has 1 aromatic heterocycles. The van der Waals surface area contributed by atoms with Crippen LogP contribution in [0.4, 0.5) is 11.8 Å². The predicted molar refractivity (Wildman–Crippen MR) is 57.0 cm³/mol. The summed E-state index contributed by atoms with van der Waals surface area (Å²) < 4.78 is 0. The maximum Gasteiger partial charge on any atom is 0.222 e. The number of hydrogen-bond donors (Lipinski definition) is 2. The normalized spacial score (nSPS) is 25.6. The second-order valence-corrected chi connectivity index (χ2v) is 4.17. The maximum absolute atomic E-state index is 5.56. The molecule has 76 valence electrons. The van der Waals surface area contributed by atoms with Gasteiger partial charge in [-0.25, -0.2) is 4.98 Å². The van der Waals surface area contributed by atoms with Crippen LogP contribution in [0.3, 0.4) is 0 Å². The van der Waals surface area contributed by atoms with Gasteiger partial charge >= 0.3 is 0 Å². The van der Waals surface area contributed by atoms with Crippen LogP contribution in [0.1, 0.15) is 25.5 Å². The second-order valence-electron chi connectivity index (χ2n) is 4.17. The smallest absolute Gasteiger partial charge is 0.222 e. The Labute approximate surface area is 83.9 Å². The molecule has 0 spiro atoms. The molecule has 4 heteroatoms. The van der Waals surface area contributed by atoms with Gasteiger partial charge in [-0.2, -0.15) is 4.98 Å². The van der Waals surface area contributed by atoms with Crippen molar-refractivity contribution in [2.75, 3.05) is 11.1 Å². The van der Waals surface area contributed by atoms with Gasteiger partial charge in [0.2, 0.25) is 5.95 Å². The Morgan fingerprint density at radius 1 is 1.43 bits per heavy atom. The van der Waals surface area contributed by atoms with Crippen LogP contribution in [0, 0.1) is 12.8 Å². The van der Waals surface area contributed by atoms with Gasteiger partial charge in [-0.3, -0.25) is 0 Å². The van der Waals surface area contributed by atoms with Crippen molar-refractivity contribution in [3.05, 3.63) is 11.8 Å². The molecule has 1 heterocycles. The van der Waals surface area contributed by atoms with E-state index in [0.717, 1.165) is 17.4 Å². The monoisotopic (exact) mass is 192 g/mol. The van der Waals surface area contributed by atoms with Gasteiger partial charge in [-0.05, 0) is 25.7 Å². The van der Waals surface area contributed by atoms with E-state index in [2.05, 4.69) is 22.2 Å². The lowest BCUT2D eigenvalue weighted by molar-refractivity contribution is 0.308. The number of nitrogens with two attached hydrogens (primary N) is 1. The number of nitrogen functional groups attached to an aromatic ring is 1. The van der Waals surface area contributed by atoms with Gasteiger partial charge in [-0.1, -0.05) is 6.92 Å². The van der Waals surface area contributed by atoms with E-state index < -0.39 is 0 Å². The number of nitrogens with zero attached hydrogens (tertiary/aromatic N) is 2. The van der Waals surface area contributed by atoms with Gasteiger partial charge in [-0.15, -0.1) is 0 Å². The summed E-state index contributed by atoms with van der Waals surface area (Å²) >= 11 is 0. The molecule has 1 aliphatic carbocycles. The van der Waals surface area contributed by atoms with E-state index in [4.69, 9.17) is 5.73 Å². The average Bonchev–Trinajstić information content (AvgIpc) is 1.99. The number of aryl methyl sites for hydroxylation is 1. The van der Waals surface area contributed by atoms with E-state index in [1.165, 1.54) is 12.8 Å². The number of nitrogens with one attached hydrogen (secondary N) is 1. The zero-order valence-electron chi connectivity index (χ0n) is 8.62. The third-order valence-corrected chi connectivity index (χ3v) is 2.60. The molecule has 0 amide bonds. The van der Waals surface area contributed by atoms with Crippen molar-refractivity contribution < 1.29 is 0 Å². The summed E-state index contributed by atoms with van der Waals surface area (Å²) in [4.78, 5) is 8.16. The van der Waals surface area contributed by atoms with Gasteiger partial charge in [0.15, 0.2) is 0 Å². The van der Waals surface area contributed by atoms with Crippen LogP contribution in [0.25, 0.3) is 0 Å². The molecule has 1 aromatic rings. The molecule has 1 aliphatic rings. The average molecular weight is 192 g/mol. The van der Waals surface area contributed by atoms with Crippen molar-refractivity contribution in [2.45, 2.75) is 32.7 Å². The Bertz CT molecular complexity index is 311. The summed E-state index contributed by atoms with van der Waals surface area (Å²) in [7, 11) is 0. The fourth-order valence-corrected chi connectivity index (χ4v) is 1.89. The van der Waals surface area contributed by atoms with E-state index in [9.17, 15) is 0 Å². The fourth-order valence-electron chi connectivity index (χ4n) is 1.89. The predicted octanol–water partition coefficient (Wildman–Crippen LogP) is 1.58. The number of aromatic nitrogens is 2. The van der Waals surface area contributed by atoms with Crippen LogP contribution in [-0.2, 0) is 0 Å². The first-order chi connectivity index (χ1) is 6.63. The zero-order chi connectivity index (χ0) is 10.1. The largest absolute Gasteiger partial charge is 0.368 e. The molecule has 0 atom stereocenters. The molecule has 14 heavy (non-hydrogen) atoms. The molecule has 0 bridgehead atoms. The third-order valence-electron chi connectivity index (χ3n) is 2.60. The number of rotatable bonds is 2. The van der Waals surface area contributed by atoms with Crippen LogP contribution in [0.15, 0.2) is 6.07 Å². The Balaban J connectivity index is 2.02. The lowest BCUT2D eigenvalue weighted by Crippen LogP contribution is -2.34. The molecule has 0 aromatic carbocycles. The molecule has 2 rings (SSSR count). The zero-order valence-corrected chi connectivity index (χ0v) is 8.62. The Kier molecular flexibility index (Phi) is 2.27. The molecular formula is C10H16N4. The molecule has 3 N–H and O–H groups in total. The maximum atomic E-state index is 5.56. The molecule has 0 unspecified atom stereocenters. The van der Waals surface area contributed by atoms with Crippen LogP contribution < -0.4 is 11.1 Å². The minimum atomic E-state index is 0.347. The SMILES string of the molecule is Cc1cc(NC2CC(C)C2)nc(N)n1. The Morgan fingerprint density at radius 2 is 2.14 bits per heavy atom. The first kappa shape index (κ1) is 9.24. The van der Waals surface area contributed by atoms with Crippen molar-refractivity contribution in [1.82, 2.24) is 9.97 Å². The Morgan fingerprint density at radius 3 is 2.71 bits per heavy atom. The van der Waals surface area contributed by atoms with Gasteiger partial charge in [0.05, 0.1) is 0 Å². The van der Waals surface area contributed by atoms with Crippen LogP contribution in [0.5, 0.6) is 0 Å². The molecule has 0 aliphatic heterocycles. The van der Waals surface area contributed by atoms with Crippen molar-refractivity contribution in [1.29, 1.82) is 0 Å². The van der Waals surface area contributed by atoms with Crippen molar-refractivity contribution in [3.63, 3.8) is 0 Å². The summed E-state index contributed by atoms with van der Waals surface area (Å²) in [6.45, 7) is 4.18. The van der Waals surface area contributed by atoms with Crippen molar-refractivity contribution >= 4 is 11.8 Å². The van der Waals surface area contributed by atoms with Crippen molar-refractivity contribution in [2.24, 2.45) is 5.92 Å². The molecule has 1 saturated carbocycles. The van der Waals surface area contributed by atoms with Gasteiger partial charge in [0.1, 0.15) is 5.82 Å².